The van der Waals surface area contributed by atoms with Crippen molar-refractivity contribution < 1.29 is 14.3 Å². The van der Waals surface area contributed by atoms with Gasteiger partial charge in [0, 0.05) is 49.1 Å². The van der Waals surface area contributed by atoms with Crippen LogP contribution in [0.25, 0.3) is 0 Å². The molecule has 3 aliphatic heterocycles. The number of nitrogens with zero attached hydrogens (tertiary/aromatic N) is 2. The highest BCUT2D eigenvalue weighted by Gasteiger charge is 2.43. The highest BCUT2D eigenvalue weighted by atomic mass is 32.2. The molecule has 4 fully saturated rings. The summed E-state index contributed by atoms with van der Waals surface area (Å²) in [6.07, 6.45) is 2.32. The van der Waals surface area contributed by atoms with Gasteiger partial charge in [-0.05, 0) is 56.4 Å². The van der Waals surface area contributed by atoms with Gasteiger partial charge in [-0.15, -0.1) is 0 Å². The lowest BCUT2D eigenvalue weighted by Crippen LogP contribution is -2.32. The average Bonchev–Trinajstić information content (AvgIpc) is 3.47. The maximum Gasteiger partial charge on any atom is 0.254 e. The standard InChI is InChI=1S/C25H31N3O3S/c1-16-7-8-17(2)22(9-16)25(29)27-14-23(30-3)24(15-27)31-21-6-4-5-19(12-21)26-32-28-13-18-10-20(28)11-18/h4-9,12,18,20,23-24,26H,10-11,13-15H2,1-3H3. The lowest BCUT2D eigenvalue weighted by Gasteiger charge is -2.25. The molecule has 1 aliphatic carbocycles. The predicted molar refractivity (Wildman–Crippen MR) is 128 cm³/mol. The lowest BCUT2D eigenvalue weighted by atomic mass is 9.87. The molecule has 170 valence electrons. The van der Waals surface area contributed by atoms with Crippen molar-refractivity contribution in [3.8, 4) is 5.75 Å². The van der Waals surface area contributed by atoms with Crippen molar-refractivity contribution in [2.45, 2.75) is 44.9 Å². The summed E-state index contributed by atoms with van der Waals surface area (Å²) in [6, 6.07) is 14.8. The normalized spacial score (nSPS) is 26.8. The number of amides is 1. The minimum absolute atomic E-state index is 0.0372. The number of hydrogen-bond donors (Lipinski definition) is 1. The third-order valence-corrected chi connectivity index (χ3v) is 7.90. The summed E-state index contributed by atoms with van der Waals surface area (Å²) in [5, 5.41) is 0. The van der Waals surface area contributed by atoms with Gasteiger partial charge in [-0.25, -0.2) is 4.31 Å². The second-order valence-electron chi connectivity index (χ2n) is 9.27. The molecule has 7 heteroatoms. The van der Waals surface area contributed by atoms with E-state index in [1.165, 1.54) is 19.4 Å². The van der Waals surface area contributed by atoms with E-state index in [0.717, 1.165) is 40.1 Å². The number of aryl methyl sites for hydroxylation is 2. The van der Waals surface area contributed by atoms with Gasteiger partial charge >= 0.3 is 0 Å². The summed E-state index contributed by atoms with van der Waals surface area (Å²) in [5.41, 5.74) is 3.85. The molecule has 1 amide bonds. The highest BCUT2D eigenvalue weighted by Crippen LogP contribution is 2.44. The number of nitrogens with one attached hydrogen (secondary N) is 1. The van der Waals surface area contributed by atoms with Crippen LogP contribution in [0, 0.1) is 19.8 Å². The van der Waals surface area contributed by atoms with E-state index in [1.54, 1.807) is 19.2 Å². The molecule has 1 N–H and O–H groups in total. The van der Waals surface area contributed by atoms with Crippen LogP contribution in [0.5, 0.6) is 5.75 Å². The van der Waals surface area contributed by atoms with Crippen molar-refractivity contribution in [2.24, 2.45) is 5.92 Å². The van der Waals surface area contributed by atoms with Crippen LogP contribution in [-0.2, 0) is 4.74 Å². The molecule has 3 saturated heterocycles. The number of benzene rings is 2. The van der Waals surface area contributed by atoms with Gasteiger partial charge in [-0.1, -0.05) is 23.8 Å². The molecule has 2 aromatic carbocycles. The third-order valence-electron chi connectivity index (χ3n) is 6.89. The van der Waals surface area contributed by atoms with Crippen LogP contribution in [0.1, 0.15) is 34.3 Å². The van der Waals surface area contributed by atoms with Crippen molar-refractivity contribution >= 4 is 23.7 Å². The van der Waals surface area contributed by atoms with E-state index < -0.39 is 0 Å². The largest absolute Gasteiger partial charge is 0.486 e. The molecule has 0 spiro atoms. The molecular formula is C25H31N3O3S. The molecule has 2 unspecified atom stereocenters. The molecule has 2 atom stereocenters. The zero-order valence-electron chi connectivity index (χ0n) is 18.9. The number of methoxy groups -OCH3 is 1. The number of carbonyl (C=O) groups excluding carboxylic acids is 1. The number of fused-ring (bicyclic) bond motifs is 1. The first-order chi connectivity index (χ1) is 15.5. The topological polar surface area (TPSA) is 54.0 Å². The molecule has 3 heterocycles. The van der Waals surface area contributed by atoms with Crippen LogP contribution in [0.4, 0.5) is 5.69 Å². The minimum Gasteiger partial charge on any atom is -0.486 e. The van der Waals surface area contributed by atoms with E-state index in [2.05, 4.69) is 15.1 Å². The molecule has 6 rings (SSSR count). The Kier molecular flexibility index (Phi) is 6.05. The number of ether oxygens (including phenoxy) is 2. The molecule has 4 aliphatic rings. The molecule has 0 aromatic heterocycles. The number of likely N-dealkylation sites (tertiary alicyclic amines) is 1. The monoisotopic (exact) mass is 453 g/mol. The van der Waals surface area contributed by atoms with Crippen molar-refractivity contribution in [2.75, 3.05) is 31.5 Å². The summed E-state index contributed by atoms with van der Waals surface area (Å²) in [6.45, 7) is 6.20. The second kappa shape index (κ2) is 8.96. The van der Waals surface area contributed by atoms with Crippen LogP contribution in [0.3, 0.4) is 0 Å². The fourth-order valence-corrected chi connectivity index (χ4v) is 5.86. The molecule has 6 nitrogen and oxygen atoms in total. The van der Waals surface area contributed by atoms with Crippen molar-refractivity contribution in [3.63, 3.8) is 0 Å². The first kappa shape index (κ1) is 21.6. The van der Waals surface area contributed by atoms with Gasteiger partial charge in [0.1, 0.15) is 18.0 Å². The Morgan fingerprint density at radius 3 is 2.62 bits per heavy atom. The Balaban J connectivity index is 1.22. The van der Waals surface area contributed by atoms with Crippen molar-refractivity contribution in [1.82, 2.24) is 9.21 Å². The fraction of sp³-hybridized carbons (Fsp3) is 0.480. The molecule has 2 aromatic rings. The summed E-state index contributed by atoms with van der Waals surface area (Å²) in [5.74, 6) is 1.72. The van der Waals surface area contributed by atoms with Gasteiger partial charge in [-0.3, -0.25) is 4.79 Å². The highest BCUT2D eigenvalue weighted by molar-refractivity contribution is 7.98. The summed E-state index contributed by atoms with van der Waals surface area (Å²) in [7, 11) is 1.68. The smallest absolute Gasteiger partial charge is 0.254 e. The summed E-state index contributed by atoms with van der Waals surface area (Å²) < 4.78 is 17.9. The van der Waals surface area contributed by atoms with Crippen LogP contribution in [0.15, 0.2) is 42.5 Å². The van der Waals surface area contributed by atoms with Gasteiger partial charge in [-0.2, -0.15) is 0 Å². The fourth-order valence-electron chi connectivity index (χ4n) is 4.91. The van der Waals surface area contributed by atoms with Crippen LogP contribution in [-0.4, -0.2) is 60.1 Å². The summed E-state index contributed by atoms with van der Waals surface area (Å²) in [4.78, 5) is 15.0. The van der Waals surface area contributed by atoms with Gasteiger partial charge in [0.15, 0.2) is 0 Å². The van der Waals surface area contributed by atoms with Crippen LogP contribution < -0.4 is 9.46 Å². The second-order valence-corrected chi connectivity index (χ2v) is 10.1. The van der Waals surface area contributed by atoms with Crippen LogP contribution in [0.2, 0.25) is 0 Å². The zero-order chi connectivity index (χ0) is 22.2. The number of hydrogen-bond acceptors (Lipinski definition) is 6. The Labute approximate surface area is 194 Å². The molecule has 0 radical (unpaired) electrons. The van der Waals surface area contributed by atoms with E-state index in [9.17, 15) is 4.79 Å². The Morgan fingerprint density at radius 1 is 1.06 bits per heavy atom. The van der Waals surface area contributed by atoms with Gasteiger partial charge in [0.25, 0.3) is 5.91 Å². The first-order valence-corrected chi connectivity index (χ1v) is 12.1. The minimum atomic E-state index is -0.206. The SMILES string of the molecule is COC1CN(C(=O)c2cc(C)ccc2C)CC1Oc1cccc(NSN2CC3CC2C3)c1. The Bertz CT molecular complexity index is 994. The maximum absolute atomic E-state index is 13.2. The summed E-state index contributed by atoms with van der Waals surface area (Å²) >= 11 is 1.70. The maximum atomic E-state index is 13.2. The number of rotatable bonds is 7. The first-order valence-electron chi connectivity index (χ1n) is 11.4. The van der Waals surface area contributed by atoms with E-state index >= 15 is 0 Å². The average molecular weight is 454 g/mol. The van der Waals surface area contributed by atoms with E-state index in [0.29, 0.717) is 13.1 Å². The molecular weight excluding hydrogens is 422 g/mol. The third kappa shape index (κ3) is 4.34. The van der Waals surface area contributed by atoms with E-state index in [-0.39, 0.29) is 18.1 Å². The molecule has 32 heavy (non-hydrogen) atoms. The number of anilines is 1. The van der Waals surface area contributed by atoms with Gasteiger partial charge in [0.2, 0.25) is 0 Å². The molecule has 1 saturated carbocycles. The van der Waals surface area contributed by atoms with Gasteiger partial charge < -0.3 is 19.1 Å². The predicted octanol–water partition coefficient (Wildman–Crippen LogP) is 4.29. The van der Waals surface area contributed by atoms with Gasteiger partial charge in [0.05, 0.1) is 13.1 Å². The van der Waals surface area contributed by atoms with Crippen molar-refractivity contribution in [1.29, 1.82) is 0 Å². The number of carbonyl (C=O) groups is 1. The molecule has 2 bridgehead atoms. The quantitative estimate of drug-likeness (QED) is 0.631. The van der Waals surface area contributed by atoms with Crippen LogP contribution >= 0.6 is 12.1 Å². The Morgan fingerprint density at radius 2 is 1.88 bits per heavy atom. The van der Waals surface area contributed by atoms with E-state index in [4.69, 9.17) is 9.47 Å². The Hall–Kier alpha value is -2.22. The zero-order valence-corrected chi connectivity index (χ0v) is 19.7. The lowest BCUT2D eigenvalue weighted by molar-refractivity contribution is 0.0340. The van der Waals surface area contributed by atoms with Crippen molar-refractivity contribution in [3.05, 3.63) is 59.2 Å². The van der Waals surface area contributed by atoms with E-state index in [1.807, 2.05) is 55.1 Å².